The topological polar surface area (TPSA) is 65.0 Å². The number of rotatable bonds is 6. The number of nitrogens with zero attached hydrogens (tertiary/aromatic N) is 3. The SMILES string of the molecule is c1ccc(-c2ccc(-c3cccc(-c4nc(-c5ccccc5)nc(-c5ccc6c(c5)oc5cccc(-c7cccc8oc9ccccc9c78)c56)n4)c3)cc2)cc1. The van der Waals surface area contributed by atoms with Crippen molar-refractivity contribution in [2.45, 2.75) is 0 Å². The molecule has 0 saturated carbocycles. The number of fused-ring (bicyclic) bond motifs is 6. The van der Waals surface area contributed by atoms with Crippen LogP contribution in [0.4, 0.5) is 0 Å². The van der Waals surface area contributed by atoms with Crippen molar-refractivity contribution in [1.29, 1.82) is 0 Å². The lowest BCUT2D eigenvalue weighted by molar-refractivity contribution is 0.668. The summed E-state index contributed by atoms with van der Waals surface area (Å²) < 4.78 is 12.8. The molecule has 0 atom stereocenters. The molecule has 5 nitrogen and oxygen atoms in total. The van der Waals surface area contributed by atoms with Gasteiger partial charge in [-0.1, -0.05) is 152 Å². The van der Waals surface area contributed by atoms with Crippen LogP contribution in [0.15, 0.2) is 197 Å². The minimum Gasteiger partial charge on any atom is -0.456 e. The van der Waals surface area contributed by atoms with E-state index >= 15 is 0 Å². The molecule has 0 aliphatic rings. The first-order chi connectivity index (χ1) is 27.7. The van der Waals surface area contributed by atoms with Crippen molar-refractivity contribution < 1.29 is 8.83 Å². The fourth-order valence-corrected chi connectivity index (χ4v) is 7.86. The average Bonchev–Trinajstić information content (AvgIpc) is 3.85. The summed E-state index contributed by atoms with van der Waals surface area (Å²) in [5.41, 5.74) is 12.8. The summed E-state index contributed by atoms with van der Waals surface area (Å²) in [4.78, 5) is 15.1. The van der Waals surface area contributed by atoms with E-state index in [1.165, 1.54) is 11.1 Å². The molecule has 8 aromatic carbocycles. The molecule has 0 aliphatic carbocycles. The van der Waals surface area contributed by atoms with Crippen molar-refractivity contribution >= 4 is 43.9 Å². The van der Waals surface area contributed by atoms with Crippen molar-refractivity contribution in [3.05, 3.63) is 188 Å². The van der Waals surface area contributed by atoms with E-state index in [1.807, 2.05) is 66.7 Å². The molecule has 56 heavy (non-hydrogen) atoms. The number of benzene rings is 8. The number of furan rings is 2. The smallest absolute Gasteiger partial charge is 0.164 e. The second-order valence-corrected chi connectivity index (χ2v) is 14.0. The lowest BCUT2D eigenvalue weighted by atomic mass is 9.95. The van der Waals surface area contributed by atoms with Gasteiger partial charge in [-0.15, -0.1) is 0 Å². The molecule has 0 radical (unpaired) electrons. The van der Waals surface area contributed by atoms with Gasteiger partial charge in [-0.3, -0.25) is 0 Å². The molecule has 0 aliphatic heterocycles. The lowest BCUT2D eigenvalue weighted by Gasteiger charge is -2.10. The number of para-hydroxylation sites is 1. The van der Waals surface area contributed by atoms with E-state index in [9.17, 15) is 0 Å². The van der Waals surface area contributed by atoms with Gasteiger partial charge in [0.05, 0.1) is 0 Å². The molecule has 0 bridgehead atoms. The second kappa shape index (κ2) is 13.0. The molecule has 0 saturated heterocycles. The summed E-state index contributed by atoms with van der Waals surface area (Å²) in [5, 5.41) is 4.27. The van der Waals surface area contributed by atoms with Crippen LogP contribution in [0.5, 0.6) is 0 Å². The van der Waals surface area contributed by atoms with Gasteiger partial charge in [-0.25, -0.2) is 15.0 Å². The van der Waals surface area contributed by atoms with Gasteiger partial charge >= 0.3 is 0 Å². The van der Waals surface area contributed by atoms with E-state index in [0.29, 0.717) is 17.5 Å². The Labute approximate surface area is 322 Å². The van der Waals surface area contributed by atoms with Crippen molar-refractivity contribution in [2.75, 3.05) is 0 Å². The molecule has 0 unspecified atom stereocenters. The molecule has 3 aromatic heterocycles. The highest BCUT2D eigenvalue weighted by Crippen LogP contribution is 2.43. The normalized spacial score (nSPS) is 11.6. The summed E-state index contributed by atoms with van der Waals surface area (Å²) in [5.74, 6) is 1.78. The molecule has 5 heteroatoms. The molecule has 0 fully saturated rings. The molecule has 0 amide bonds. The minimum atomic E-state index is 0.573. The highest BCUT2D eigenvalue weighted by molar-refractivity contribution is 6.19. The molecule has 262 valence electrons. The zero-order valence-electron chi connectivity index (χ0n) is 30.1. The fourth-order valence-electron chi connectivity index (χ4n) is 7.86. The van der Waals surface area contributed by atoms with Crippen LogP contribution in [0.2, 0.25) is 0 Å². The van der Waals surface area contributed by atoms with Crippen LogP contribution < -0.4 is 0 Å². The maximum atomic E-state index is 6.59. The zero-order chi connectivity index (χ0) is 37.0. The van der Waals surface area contributed by atoms with Crippen LogP contribution in [0.1, 0.15) is 0 Å². The summed E-state index contributed by atoms with van der Waals surface area (Å²) >= 11 is 0. The van der Waals surface area contributed by atoms with Crippen molar-refractivity contribution in [1.82, 2.24) is 15.0 Å². The zero-order valence-corrected chi connectivity index (χ0v) is 30.1. The summed E-state index contributed by atoms with van der Waals surface area (Å²) in [6, 6.07) is 64.5. The molecule has 3 heterocycles. The van der Waals surface area contributed by atoms with Crippen molar-refractivity contribution in [3.63, 3.8) is 0 Å². The molecule has 11 rings (SSSR count). The summed E-state index contributed by atoms with van der Waals surface area (Å²) in [7, 11) is 0. The number of hydrogen-bond donors (Lipinski definition) is 0. The van der Waals surface area contributed by atoms with Gasteiger partial charge < -0.3 is 8.83 Å². The Morgan fingerprint density at radius 1 is 0.268 bits per heavy atom. The van der Waals surface area contributed by atoms with Gasteiger partial charge in [0.1, 0.15) is 22.3 Å². The van der Waals surface area contributed by atoms with Gasteiger partial charge in [-0.2, -0.15) is 0 Å². The Balaban J connectivity index is 1.02. The van der Waals surface area contributed by atoms with Crippen LogP contribution in [0, 0.1) is 0 Å². The van der Waals surface area contributed by atoms with E-state index in [2.05, 4.69) is 121 Å². The first-order valence-electron chi connectivity index (χ1n) is 18.7. The third-order valence-corrected chi connectivity index (χ3v) is 10.6. The Hall–Kier alpha value is -7.63. The van der Waals surface area contributed by atoms with Gasteiger partial charge in [0.15, 0.2) is 17.5 Å². The maximum absolute atomic E-state index is 6.59. The minimum absolute atomic E-state index is 0.573. The highest BCUT2D eigenvalue weighted by Gasteiger charge is 2.19. The van der Waals surface area contributed by atoms with Crippen LogP contribution in [0.3, 0.4) is 0 Å². The summed E-state index contributed by atoms with van der Waals surface area (Å²) in [6.45, 7) is 0. The Kier molecular flexibility index (Phi) is 7.42. The molecule has 11 aromatic rings. The molecule has 0 N–H and O–H groups in total. The average molecular weight is 718 g/mol. The van der Waals surface area contributed by atoms with Crippen molar-refractivity contribution in [3.8, 4) is 67.5 Å². The summed E-state index contributed by atoms with van der Waals surface area (Å²) in [6.07, 6.45) is 0. The van der Waals surface area contributed by atoms with E-state index in [1.54, 1.807) is 0 Å². The predicted octanol–water partition coefficient (Wildman–Crippen LogP) is 13.7. The van der Waals surface area contributed by atoms with Crippen LogP contribution in [0.25, 0.3) is 111 Å². The second-order valence-electron chi connectivity index (χ2n) is 14.0. The first-order valence-corrected chi connectivity index (χ1v) is 18.7. The van der Waals surface area contributed by atoms with Crippen LogP contribution >= 0.6 is 0 Å². The van der Waals surface area contributed by atoms with Gasteiger partial charge in [-0.05, 0) is 69.8 Å². The quantitative estimate of drug-likeness (QED) is 0.171. The molecular weight excluding hydrogens is 687 g/mol. The molecule has 0 spiro atoms. The van der Waals surface area contributed by atoms with E-state index < -0.39 is 0 Å². The number of aromatic nitrogens is 3. The fraction of sp³-hybridized carbons (Fsp3) is 0. The van der Waals surface area contributed by atoms with Gasteiger partial charge in [0.2, 0.25) is 0 Å². The third kappa shape index (κ3) is 5.45. The van der Waals surface area contributed by atoms with E-state index in [4.69, 9.17) is 23.8 Å². The first kappa shape index (κ1) is 31.9. The third-order valence-electron chi connectivity index (χ3n) is 10.6. The predicted molar refractivity (Wildman–Crippen MR) is 227 cm³/mol. The molecular formula is C51H31N3O2. The van der Waals surface area contributed by atoms with E-state index in [-0.39, 0.29) is 0 Å². The lowest BCUT2D eigenvalue weighted by Crippen LogP contribution is -2.00. The Morgan fingerprint density at radius 2 is 0.696 bits per heavy atom. The maximum Gasteiger partial charge on any atom is 0.164 e. The van der Waals surface area contributed by atoms with Gasteiger partial charge in [0, 0.05) is 38.2 Å². The monoisotopic (exact) mass is 717 g/mol. The Bertz CT molecular complexity index is 3240. The highest BCUT2D eigenvalue weighted by atomic mass is 16.3. The van der Waals surface area contributed by atoms with Crippen LogP contribution in [-0.4, -0.2) is 15.0 Å². The number of hydrogen-bond acceptors (Lipinski definition) is 5. The van der Waals surface area contributed by atoms with Gasteiger partial charge in [0.25, 0.3) is 0 Å². The largest absolute Gasteiger partial charge is 0.456 e. The van der Waals surface area contributed by atoms with E-state index in [0.717, 1.165) is 82.8 Å². The Morgan fingerprint density at radius 3 is 1.38 bits per heavy atom. The van der Waals surface area contributed by atoms with Crippen LogP contribution in [-0.2, 0) is 0 Å². The van der Waals surface area contributed by atoms with Crippen molar-refractivity contribution in [2.24, 2.45) is 0 Å². The standard InChI is InChI=1S/C51H31N3O2/c1-3-12-32(13-4-1)33-24-26-34(27-25-33)36-16-9-17-37(30-36)50-52-49(35-14-5-2-6-15-35)53-51(54-50)38-28-29-42-46(31-38)56-45-23-11-20-40(48(42)45)39-19-10-22-44-47(39)41-18-7-8-21-43(41)55-44/h1-31H.